The molecule has 0 aliphatic carbocycles. The summed E-state index contributed by atoms with van der Waals surface area (Å²) in [5.74, 6) is 1.00. The highest BCUT2D eigenvalue weighted by Crippen LogP contribution is 2.28. The second-order valence-corrected chi connectivity index (χ2v) is 6.72. The minimum Gasteiger partial charge on any atom is -0.493 e. The van der Waals surface area contributed by atoms with Gasteiger partial charge in [0.25, 0.3) is 0 Å². The van der Waals surface area contributed by atoms with Crippen molar-refractivity contribution in [2.45, 2.75) is 13.0 Å². The molecular formula is C23H21ClN2O3. The van der Waals surface area contributed by atoms with E-state index in [4.69, 9.17) is 21.1 Å². The van der Waals surface area contributed by atoms with Gasteiger partial charge in [0.2, 0.25) is 5.91 Å². The van der Waals surface area contributed by atoms with Gasteiger partial charge in [0.1, 0.15) is 6.61 Å². The Balaban J connectivity index is 1.57. The number of amides is 1. The smallest absolute Gasteiger partial charge is 0.244 e. The van der Waals surface area contributed by atoms with Crippen LogP contribution < -0.4 is 14.9 Å². The van der Waals surface area contributed by atoms with Gasteiger partial charge in [-0.25, -0.2) is 5.43 Å². The monoisotopic (exact) mass is 408 g/mol. The van der Waals surface area contributed by atoms with Gasteiger partial charge in [-0.15, -0.1) is 0 Å². The number of benzene rings is 3. The van der Waals surface area contributed by atoms with Crippen molar-refractivity contribution in [1.29, 1.82) is 0 Å². The second kappa shape index (κ2) is 10.3. The molecular weight excluding hydrogens is 388 g/mol. The third-order valence-corrected chi connectivity index (χ3v) is 4.32. The predicted octanol–water partition coefficient (Wildman–Crippen LogP) is 4.62. The summed E-state index contributed by atoms with van der Waals surface area (Å²) in [6, 6.07) is 22.4. The molecule has 3 aromatic rings. The largest absolute Gasteiger partial charge is 0.493 e. The third-order valence-electron chi connectivity index (χ3n) is 4.08. The second-order valence-electron chi connectivity index (χ2n) is 6.28. The van der Waals surface area contributed by atoms with Crippen LogP contribution in [-0.2, 0) is 17.8 Å². The topological polar surface area (TPSA) is 59.9 Å². The quantitative estimate of drug-likeness (QED) is 0.437. The Labute approximate surface area is 174 Å². The fourth-order valence-electron chi connectivity index (χ4n) is 2.67. The Morgan fingerprint density at radius 2 is 1.79 bits per heavy atom. The normalized spacial score (nSPS) is 10.7. The zero-order valence-electron chi connectivity index (χ0n) is 16.0. The van der Waals surface area contributed by atoms with E-state index >= 15 is 0 Å². The average Bonchev–Trinajstić information content (AvgIpc) is 2.73. The van der Waals surface area contributed by atoms with Crippen molar-refractivity contribution in [3.8, 4) is 11.5 Å². The maximum atomic E-state index is 11.9. The maximum Gasteiger partial charge on any atom is 0.244 e. The molecule has 0 saturated heterocycles. The molecule has 0 aliphatic heterocycles. The Hall–Kier alpha value is -3.31. The van der Waals surface area contributed by atoms with Gasteiger partial charge in [-0.2, -0.15) is 5.10 Å². The molecule has 29 heavy (non-hydrogen) atoms. The number of nitrogens with zero attached hydrogens (tertiary/aromatic N) is 1. The van der Waals surface area contributed by atoms with Gasteiger partial charge < -0.3 is 9.47 Å². The number of carbonyl (C=O) groups is 1. The van der Waals surface area contributed by atoms with E-state index < -0.39 is 0 Å². The van der Waals surface area contributed by atoms with Crippen molar-refractivity contribution in [3.05, 3.63) is 94.5 Å². The summed E-state index contributed by atoms with van der Waals surface area (Å²) in [6.07, 6.45) is 1.84. The summed E-state index contributed by atoms with van der Waals surface area (Å²) in [6.45, 7) is 0.375. The van der Waals surface area contributed by atoms with Crippen molar-refractivity contribution in [1.82, 2.24) is 5.43 Å². The lowest BCUT2D eigenvalue weighted by molar-refractivity contribution is -0.120. The van der Waals surface area contributed by atoms with Crippen molar-refractivity contribution >= 4 is 23.7 Å². The lowest BCUT2D eigenvalue weighted by Gasteiger charge is -2.11. The first kappa shape index (κ1) is 20.4. The van der Waals surface area contributed by atoms with E-state index in [2.05, 4.69) is 10.5 Å². The van der Waals surface area contributed by atoms with Crippen LogP contribution in [0.4, 0.5) is 0 Å². The number of rotatable bonds is 8. The SMILES string of the molecule is COc1cc(/C=N\NC(=O)Cc2ccccc2)ccc1OCc1cccc(Cl)c1. The Morgan fingerprint density at radius 3 is 2.55 bits per heavy atom. The molecule has 0 atom stereocenters. The summed E-state index contributed by atoms with van der Waals surface area (Å²) < 4.78 is 11.2. The van der Waals surface area contributed by atoms with Crippen LogP contribution in [-0.4, -0.2) is 19.2 Å². The molecule has 1 amide bonds. The molecule has 148 valence electrons. The van der Waals surface area contributed by atoms with E-state index in [1.54, 1.807) is 25.5 Å². The summed E-state index contributed by atoms with van der Waals surface area (Å²) in [7, 11) is 1.57. The maximum absolute atomic E-state index is 11.9. The third kappa shape index (κ3) is 6.36. The molecule has 5 nitrogen and oxygen atoms in total. The van der Waals surface area contributed by atoms with Crippen molar-refractivity contribution in [2.75, 3.05) is 7.11 Å². The molecule has 0 aliphatic rings. The Morgan fingerprint density at radius 1 is 1.00 bits per heavy atom. The van der Waals surface area contributed by atoms with Crippen LogP contribution in [0.15, 0.2) is 77.9 Å². The molecule has 0 radical (unpaired) electrons. The highest BCUT2D eigenvalue weighted by molar-refractivity contribution is 6.30. The van der Waals surface area contributed by atoms with Crippen LogP contribution in [0.2, 0.25) is 5.02 Å². The zero-order chi connectivity index (χ0) is 20.5. The molecule has 3 rings (SSSR count). The fourth-order valence-corrected chi connectivity index (χ4v) is 2.88. The molecule has 0 aromatic heterocycles. The molecule has 0 heterocycles. The average molecular weight is 409 g/mol. The number of halogens is 1. The summed E-state index contributed by atoms with van der Waals surface area (Å²) >= 11 is 6.00. The van der Waals surface area contributed by atoms with E-state index in [0.29, 0.717) is 23.1 Å². The van der Waals surface area contributed by atoms with Crippen LogP contribution >= 0.6 is 11.6 Å². The number of hydrazone groups is 1. The minimum absolute atomic E-state index is 0.180. The molecule has 0 fully saturated rings. The van der Waals surface area contributed by atoms with Crippen LogP contribution in [0.1, 0.15) is 16.7 Å². The molecule has 0 bridgehead atoms. The number of hydrogen-bond donors (Lipinski definition) is 1. The van der Waals surface area contributed by atoms with Gasteiger partial charge in [0, 0.05) is 5.02 Å². The standard InChI is InChI=1S/C23H21ClN2O3/c1-28-22-13-18(15-25-26-23(27)14-17-6-3-2-4-7-17)10-11-21(22)29-16-19-8-5-9-20(24)12-19/h2-13,15H,14,16H2,1H3,(H,26,27)/b25-15-. The molecule has 0 spiro atoms. The van der Waals surface area contributed by atoms with Gasteiger partial charge >= 0.3 is 0 Å². The van der Waals surface area contributed by atoms with Crippen LogP contribution in [0.25, 0.3) is 0 Å². The lowest BCUT2D eigenvalue weighted by atomic mass is 10.1. The van der Waals surface area contributed by atoms with E-state index in [9.17, 15) is 4.79 Å². The van der Waals surface area contributed by atoms with E-state index in [1.165, 1.54) is 0 Å². The lowest BCUT2D eigenvalue weighted by Crippen LogP contribution is -2.19. The molecule has 6 heteroatoms. The predicted molar refractivity (Wildman–Crippen MR) is 115 cm³/mol. The summed E-state index contributed by atoms with van der Waals surface area (Å²) in [5.41, 5.74) is 5.20. The van der Waals surface area contributed by atoms with Gasteiger partial charge in [-0.3, -0.25) is 4.79 Å². The first-order chi connectivity index (χ1) is 14.1. The number of methoxy groups -OCH3 is 1. The van der Waals surface area contributed by atoms with Crippen LogP contribution in [0.3, 0.4) is 0 Å². The van der Waals surface area contributed by atoms with Crippen LogP contribution in [0, 0.1) is 0 Å². The van der Waals surface area contributed by atoms with Crippen molar-refractivity contribution < 1.29 is 14.3 Å². The van der Waals surface area contributed by atoms with Gasteiger partial charge in [-0.1, -0.05) is 54.1 Å². The number of hydrogen-bond acceptors (Lipinski definition) is 4. The molecule has 0 unspecified atom stereocenters. The Bertz CT molecular complexity index is 990. The summed E-state index contributed by atoms with van der Waals surface area (Å²) in [5, 5.41) is 4.68. The minimum atomic E-state index is -0.180. The van der Waals surface area contributed by atoms with E-state index in [1.807, 2.05) is 60.7 Å². The van der Waals surface area contributed by atoms with E-state index in [-0.39, 0.29) is 12.3 Å². The number of ether oxygens (including phenoxy) is 2. The highest BCUT2D eigenvalue weighted by atomic mass is 35.5. The fraction of sp³-hybridized carbons (Fsp3) is 0.130. The first-order valence-corrected chi connectivity index (χ1v) is 9.43. The first-order valence-electron chi connectivity index (χ1n) is 9.05. The van der Waals surface area contributed by atoms with E-state index in [0.717, 1.165) is 16.7 Å². The van der Waals surface area contributed by atoms with Crippen LogP contribution in [0.5, 0.6) is 11.5 Å². The molecule has 1 N–H and O–H groups in total. The van der Waals surface area contributed by atoms with Gasteiger partial charge in [-0.05, 0) is 47.0 Å². The molecule has 3 aromatic carbocycles. The van der Waals surface area contributed by atoms with Gasteiger partial charge in [0.15, 0.2) is 11.5 Å². The zero-order valence-corrected chi connectivity index (χ0v) is 16.7. The number of carbonyl (C=O) groups excluding carboxylic acids is 1. The highest BCUT2D eigenvalue weighted by Gasteiger charge is 2.06. The molecule has 0 saturated carbocycles. The van der Waals surface area contributed by atoms with Crippen molar-refractivity contribution in [2.24, 2.45) is 5.10 Å². The summed E-state index contributed by atoms with van der Waals surface area (Å²) in [4.78, 5) is 11.9. The Kier molecular flexibility index (Phi) is 7.25. The number of nitrogens with one attached hydrogen (secondary N) is 1. The van der Waals surface area contributed by atoms with Crippen molar-refractivity contribution in [3.63, 3.8) is 0 Å². The van der Waals surface area contributed by atoms with Gasteiger partial charge in [0.05, 0.1) is 19.7 Å².